The minimum absolute atomic E-state index is 0.0862. The molecule has 0 saturated heterocycles. The Hall–Kier alpha value is -4.17. The first kappa shape index (κ1) is 24.0. The fraction of sp³-hybridized carbons (Fsp3) is 0.222. The number of amides is 2. The van der Waals surface area contributed by atoms with Crippen molar-refractivity contribution >= 4 is 18.0 Å². The Morgan fingerprint density at radius 2 is 1.46 bits per heavy atom. The smallest absolute Gasteiger partial charge is 0.407 e. The summed E-state index contributed by atoms with van der Waals surface area (Å²) in [7, 11) is 1.31. The van der Waals surface area contributed by atoms with Crippen LogP contribution in [0.5, 0.6) is 0 Å². The van der Waals surface area contributed by atoms with E-state index < -0.39 is 30.1 Å². The second-order valence-corrected chi connectivity index (χ2v) is 8.12. The van der Waals surface area contributed by atoms with E-state index in [1.54, 1.807) is 30.3 Å². The van der Waals surface area contributed by atoms with Crippen LogP contribution in [0.2, 0.25) is 0 Å². The maximum absolute atomic E-state index is 12.6. The van der Waals surface area contributed by atoms with Gasteiger partial charge in [-0.3, -0.25) is 4.79 Å². The molecule has 0 fully saturated rings. The predicted octanol–water partition coefficient (Wildman–Crippen LogP) is 3.48. The van der Waals surface area contributed by atoms with Crippen molar-refractivity contribution in [3.8, 4) is 11.1 Å². The van der Waals surface area contributed by atoms with Gasteiger partial charge in [0.2, 0.25) is 0 Å². The lowest BCUT2D eigenvalue weighted by molar-refractivity contribution is -0.144. The molecule has 0 spiro atoms. The zero-order valence-electron chi connectivity index (χ0n) is 19.1. The van der Waals surface area contributed by atoms with Crippen LogP contribution >= 0.6 is 0 Å². The molecule has 0 radical (unpaired) electrons. The Kier molecular flexibility index (Phi) is 7.42. The number of carbonyl (C=O) groups is 3. The van der Waals surface area contributed by atoms with Gasteiger partial charge in [-0.2, -0.15) is 0 Å². The Morgan fingerprint density at radius 1 is 0.886 bits per heavy atom. The molecule has 2 atom stereocenters. The molecule has 0 heterocycles. The van der Waals surface area contributed by atoms with Gasteiger partial charge in [-0.1, -0.05) is 78.9 Å². The molecule has 180 valence electrons. The molecule has 0 aromatic heterocycles. The number of rotatable bonds is 9. The quantitative estimate of drug-likeness (QED) is 0.438. The van der Waals surface area contributed by atoms with Crippen LogP contribution in [0.25, 0.3) is 11.1 Å². The van der Waals surface area contributed by atoms with Crippen LogP contribution in [0.3, 0.4) is 0 Å². The van der Waals surface area contributed by atoms with Crippen molar-refractivity contribution in [3.05, 3.63) is 95.6 Å². The van der Waals surface area contributed by atoms with Gasteiger partial charge in [-0.05, 0) is 27.8 Å². The molecule has 0 aliphatic heterocycles. The molecule has 0 bridgehead atoms. The fourth-order valence-electron chi connectivity index (χ4n) is 4.28. The maximum Gasteiger partial charge on any atom is 0.407 e. The number of ether oxygens (including phenoxy) is 2. The molecule has 8 nitrogen and oxygen atoms in total. The third-order valence-electron chi connectivity index (χ3n) is 6.02. The molecule has 3 N–H and O–H groups in total. The van der Waals surface area contributed by atoms with E-state index >= 15 is 0 Å². The molecule has 35 heavy (non-hydrogen) atoms. The average Bonchev–Trinajstić information content (AvgIpc) is 3.20. The van der Waals surface area contributed by atoms with Gasteiger partial charge >= 0.3 is 12.1 Å². The number of hydrogen-bond donors (Lipinski definition) is 3. The lowest BCUT2D eigenvalue weighted by Crippen LogP contribution is -2.46. The van der Waals surface area contributed by atoms with Crippen LogP contribution in [0.15, 0.2) is 78.9 Å². The summed E-state index contributed by atoms with van der Waals surface area (Å²) in [5.41, 5.74) is 4.86. The summed E-state index contributed by atoms with van der Waals surface area (Å²) in [6.07, 6.45) is -1.79. The lowest BCUT2D eigenvalue weighted by Gasteiger charge is -2.20. The van der Waals surface area contributed by atoms with Gasteiger partial charge < -0.3 is 25.2 Å². The number of hydrogen-bond acceptors (Lipinski definition) is 5. The Labute approximate surface area is 202 Å². The summed E-state index contributed by atoms with van der Waals surface area (Å²) in [6.45, 7) is -0.0427. The van der Waals surface area contributed by atoms with E-state index in [4.69, 9.17) is 9.47 Å². The number of methoxy groups -OCH3 is 1. The van der Waals surface area contributed by atoms with E-state index in [0.29, 0.717) is 5.56 Å². The van der Waals surface area contributed by atoms with Crippen molar-refractivity contribution in [1.29, 1.82) is 0 Å². The van der Waals surface area contributed by atoms with Crippen molar-refractivity contribution in [2.45, 2.75) is 18.1 Å². The third kappa shape index (κ3) is 5.33. The standard InChI is InChI=1S/C27H26N2O6/c1-34-23(25(30)29-24(26(31)32)17-9-3-2-4-10-17)15-28-27(33)35-16-22-20-13-7-5-11-18(20)19-12-6-8-14-21(19)22/h2-14,22-24H,15-16H2,1H3,(H,28,33)(H,29,30)(H,31,32)/t23?,24-/m0/s1. The van der Waals surface area contributed by atoms with Crippen molar-refractivity contribution in [1.82, 2.24) is 10.6 Å². The highest BCUT2D eigenvalue weighted by Crippen LogP contribution is 2.44. The number of aliphatic carboxylic acids is 1. The number of carboxylic acids is 1. The van der Waals surface area contributed by atoms with Gasteiger partial charge in [0.25, 0.3) is 5.91 Å². The maximum atomic E-state index is 12.6. The molecule has 8 heteroatoms. The minimum atomic E-state index is -1.24. The zero-order valence-corrected chi connectivity index (χ0v) is 19.1. The highest BCUT2D eigenvalue weighted by molar-refractivity contribution is 5.87. The molecule has 1 aliphatic carbocycles. The van der Waals surface area contributed by atoms with Gasteiger partial charge in [0.15, 0.2) is 12.1 Å². The topological polar surface area (TPSA) is 114 Å². The summed E-state index contributed by atoms with van der Waals surface area (Å²) in [4.78, 5) is 36.7. The Bertz CT molecular complexity index is 1170. The SMILES string of the molecule is COC(CNC(=O)OCC1c2ccccc2-c2ccccc21)C(=O)N[C@H](C(=O)O)c1ccccc1. The highest BCUT2D eigenvalue weighted by Gasteiger charge is 2.30. The third-order valence-corrected chi connectivity index (χ3v) is 6.02. The summed E-state index contributed by atoms with van der Waals surface area (Å²) >= 11 is 0. The summed E-state index contributed by atoms with van der Waals surface area (Å²) in [6, 6.07) is 23.1. The number of carbonyl (C=O) groups excluding carboxylic acids is 2. The summed E-state index contributed by atoms with van der Waals surface area (Å²) in [5.74, 6) is -1.96. The van der Waals surface area contributed by atoms with E-state index in [-0.39, 0.29) is 19.1 Å². The van der Waals surface area contributed by atoms with E-state index in [1.807, 2.05) is 36.4 Å². The number of fused-ring (bicyclic) bond motifs is 3. The van der Waals surface area contributed by atoms with E-state index in [9.17, 15) is 19.5 Å². The van der Waals surface area contributed by atoms with Crippen LogP contribution in [0.4, 0.5) is 4.79 Å². The molecule has 0 saturated carbocycles. The van der Waals surface area contributed by atoms with E-state index in [0.717, 1.165) is 22.3 Å². The van der Waals surface area contributed by atoms with Crippen molar-refractivity contribution in [2.75, 3.05) is 20.3 Å². The molecular formula is C27H26N2O6. The van der Waals surface area contributed by atoms with Crippen molar-refractivity contribution in [2.24, 2.45) is 0 Å². The fourth-order valence-corrected chi connectivity index (χ4v) is 4.28. The lowest BCUT2D eigenvalue weighted by atomic mass is 9.98. The van der Waals surface area contributed by atoms with Crippen molar-refractivity contribution in [3.63, 3.8) is 0 Å². The van der Waals surface area contributed by atoms with Crippen LogP contribution < -0.4 is 10.6 Å². The second-order valence-electron chi connectivity index (χ2n) is 8.12. The molecule has 2 amide bonds. The molecule has 1 unspecified atom stereocenters. The largest absolute Gasteiger partial charge is 0.479 e. The van der Waals surface area contributed by atoms with Crippen LogP contribution in [0.1, 0.15) is 28.7 Å². The molecule has 4 rings (SSSR count). The minimum Gasteiger partial charge on any atom is -0.479 e. The number of carboxylic acid groups (broad SMARTS) is 1. The highest BCUT2D eigenvalue weighted by atomic mass is 16.5. The van der Waals surface area contributed by atoms with Gasteiger partial charge in [0, 0.05) is 13.0 Å². The molecular weight excluding hydrogens is 448 g/mol. The zero-order chi connectivity index (χ0) is 24.8. The first-order valence-electron chi connectivity index (χ1n) is 11.2. The molecule has 1 aliphatic rings. The van der Waals surface area contributed by atoms with Crippen LogP contribution in [-0.4, -0.2) is 49.4 Å². The number of alkyl carbamates (subject to hydrolysis) is 1. The predicted molar refractivity (Wildman–Crippen MR) is 129 cm³/mol. The van der Waals surface area contributed by atoms with E-state index in [2.05, 4.69) is 22.8 Å². The second kappa shape index (κ2) is 10.8. The Morgan fingerprint density at radius 3 is 2.03 bits per heavy atom. The van der Waals surface area contributed by atoms with Crippen LogP contribution in [-0.2, 0) is 19.1 Å². The molecule has 3 aromatic rings. The molecule has 3 aromatic carbocycles. The van der Waals surface area contributed by atoms with E-state index in [1.165, 1.54) is 7.11 Å². The number of benzene rings is 3. The van der Waals surface area contributed by atoms with Gasteiger partial charge in [-0.25, -0.2) is 9.59 Å². The monoisotopic (exact) mass is 474 g/mol. The van der Waals surface area contributed by atoms with Crippen molar-refractivity contribution < 1.29 is 29.0 Å². The summed E-state index contributed by atoms with van der Waals surface area (Å²) in [5, 5.41) is 14.5. The first-order chi connectivity index (χ1) is 17.0. The van der Waals surface area contributed by atoms with Gasteiger partial charge in [-0.15, -0.1) is 0 Å². The van der Waals surface area contributed by atoms with Gasteiger partial charge in [0.05, 0.1) is 6.54 Å². The average molecular weight is 475 g/mol. The number of nitrogens with one attached hydrogen (secondary N) is 2. The van der Waals surface area contributed by atoms with Crippen LogP contribution in [0, 0.1) is 0 Å². The first-order valence-corrected chi connectivity index (χ1v) is 11.2. The summed E-state index contributed by atoms with van der Waals surface area (Å²) < 4.78 is 10.6. The Balaban J connectivity index is 1.33. The van der Waals surface area contributed by atoms with Gasteiger partial charge in [0.1, 0.15) is 6.61 Å². The normalized spacial score (nSPS) is 13.7.